The lowest BCUT2D eigenvalue weighted by molar-refractivity contribution is 0.254. The highest BCUT2D eigenvalue weighted by atomic mass is 127. The lowest BCUT2D eigenvalue weighted by Crippen LogP contribution is -2.45. The van der Waals surface area contributed by atoms with E-state index in [0.29, 0.717) is 17.3 Å². The molecule has 0 unspecified atom stereocenters. The molecule has 2 rings (SSSR count). The molecule has 1 aromatic rings. The van der Waals surface area contributed by atoms with Crippen LogP contribution in [-0.2, 0) is 10.0 Å². The molecule has 1 fully saturated rings. The molecule has 0 radical (unpaired) electrons. The van der Waals surface area contributed by atoms with Crippen molar-refractivity contribution < 1.29 is 8.42 Å². The van der Waals surface area contributed by atoms with E-state index in [2.05, 4.69) is 37.5 Å². The van der Waals surface area contributed by atoms with Gasteiger partial charge in [0.05, 0.1) is 11.4 Å². The maximum Gasteiger partial charge on any atom is 0.234 e. The van der Waals surface area contributed by atoms with E-state index >= 15 is 0 Å². The molecular weight excluding hydrogens is 413 g/mol. The number of halogens is 2. The van der Waals surface area contributed by atoms with Crippen molar-refractivity contribution in [1.82, 2.24) is 10.2 Å². The third-order valence-electron chi connectivity index (χ3n) is 3.08. The van der Waals surface area contributed by atoms with Crippen molar-refractivity contribution in [3.8, 4) is 0 Å². The zero-order valence-corrected chi connectivity index (χ0v) is 14.6. The fourth-order valence-corrected chi connectivity index (χ4v) is 4.28. The summed E-state index contributed by atoms with van der Waals surface area (Å²) < 4.78 is 27.6. The topological polar surface area (TPSA) is 61.4 Å². The summed E-state index contributed by atoms with van der Waals surface area (Å²) in [6.45, 7) is 4.19. The largest absolute Gasteiger partial charge is 0.314 e. The lowest BCUT2D eigenvalue weighted by Gasteiger charge is -2.26. The van der Waals surface area contributed by atoms with Crippen LogP contribution >= 0.6 is 34.2 Å². The predicted octanol–water partition coefficient (Wildman–Crippen LogP) is 1.59. The monoisotopic (exact) mass is 429 g/mol. The summed E-state index contributed by atoms with van der Waals surface area (Å²) in [5.74, 6) is 0.103. The summed E-state index contributed by atoms with van der Waals surface area (Å²) >= 11 is 7.92. The highest BCUT2D eigenvalue weighted by Gasteiger charge is 2.16. The molecule has 2 N–H and O–H groups in total. The average Bonchev–Trinajstić information content (AvgIpc) is 2.41. The Morgan fingerprint density at radius 3 is 2.70 bits per heavy atom. The first-order valence-electron chi connectivity index (χ1n) is 6.35. The van der Waals surface area contributed by atoms with Crippen molar-refractivity contribution in [3.63, 3.8) is 0 Å². The molecule has 0 bridgehead atoms. The third-order valence-corrected chi connectivity index (χ3v) is 5.46. The Labute approximate surface area is 138 Å². The molecule has 0 aliphatic carbocycles. The molecule has 0 amide bonds. The van der Waals surface area contributed by atoms with E-state index in [-0.39, 0.29) is 5.75 Å². The molecule has 1 aliphatic heterocycles. The summed E-state index contributed by atoms with van der Waals surface area (Å²) in [7, 11) is -3.33. The van der Waals surface area contributed by atoms with Crippen LogP contribution in [0.3, 0.4) is 0 Å². The first-order valence-corrected chi connectivity index (χ1v) is 9.46. The quantitative estimate of drug-likeness (QED) is 0.698. The Morgan fingerprint density at radius 2 is 2.05 bits per heavy atom. The van der Waals surface area contributed by atoms with Gasteiger partial charge in [0, 0.05) is 41.3 Å². The van der Waals surface area contributed by atoms with Gasteiger partial charge < -0.3 is 5.32 Å². The second kappa shape index (κ2) is 7.26. The van der Waals surface area contributed by atoms with Crippen LogP contribution in [0.15, 0.2) is 18.2 Å². The van der Waals surface area contributed by atoms with Crippen molar-refractivity contribution in [2.24, 2.45) is 0 Å². The van der Waals surface area contributed by atoms with Gasteiger partial charge in [-0.3, -0.25) is 9.62 Å². The van der Waals surface area contributed by atoms with Crippen LogP contribution in [0.2, 0.25) is 5.02 Å². The number of nitrogens with one attached hydrogen (secondary N) is 2. The standard InChI is InChI=1S/C12H17ClIN3O2S/c13-10-1-2-12(11(14)9-10)16-20(18,19)8-7-17-5-3-15-4-6-17/h1-2,9,15-16H,3-8H2. The highest BCUT2D eigenvalue weighted by Crippen LogP contribution is 2.23. The lowest BCUT2D eigenvalue weighted by atomic mass is 10.3. The molecule has 1 heterocycles. The average molecular weight is 430 g/mol. The second-order valence-corrected chi connectivity index (χ2v) is 8.08. The van der Waals surface area contributed by atoms with E-state index in [1.165, 1.54) is 0 Å². The normalized spacial score (nSPS) is 17.1. The van der Waals surface area contributed by atoms with E-state index in [1.54, 1.807) is 18.2 Å². The maximum atomic E-state index is 12.1. The van der Waals surface area contributed by atoms with Crippen LogP contribution < -0.4 is 10.0 Å². The SMILES string of the molecule is O=S(=O)(CCN1CCNCC1)Nc1ccc(Cl)cc1I. The number of hydrogen-bond donors (Lipinski definition) is 2. The Hall–Kier alpha value is -0.0900. The fourth-order valence-electron chi connectivity index (χ4n) is 1.97. The van der Waals surface area contributed by atoms with Gasteiger partial charge in [0.1, 0.15) is 0 Å². The molecule has 1 saturated heterocycles. The number of rotatable bonds is 5. The van der Waals surface area contributed by atoms with Gasteiger partial charge in [0.25, 0.3) is 0 Å². The molecule has 5 nitrogen and oxygen atoms in total. The van der Waals surface area contributed by atoms with E-state index in [1.807, 2.05) is 0 Å². The Bertz CT molecular complexity index is 562. The summed E-state index contributed by atoms with van der Waals surface area (Å²) in [5.41, 5.74) is 0.579. The van der Waals surface area contributed by atoms with Crippen LogP contribution in [0.1, 0.15) is 0 Å². The molecule has 1 aromatic carbocycles. The zero-order valence-electron chi connectivity index (χ0n) is 10.9. The summed E-state index contributed by atoms with van der Waals surface area (Å²) in [5, 5.41) is 3.84. The van der Waals surface area contributed by atoms with Crippen molar-refractivity contribution in [2.75, 3.05) is 43.2 Å². The maximum absolute atomic E-state index is 12.1. The van der Waals surface area contributed by atoms with Gasteiger partial charge in [-0.05, 0) is 40.8 Å². The van der Waals surface area contributed by atoms with Crippen LogP contribution in [0.5, 0.6) is 0 Å². The van der Waals surface area contributed by atoms with Gasteiger partial charge in [-0.15, -0.1) is 0 Å². The Morgan fingerprint density at radius 1 is 1.35 bits per heavy atom. The second-order valence-electron chi connectivity index (χ2n) is 4.64. The Kier molecular flexibility index (Phi) is 5.91. The number of anilines is 1. The van der Waals surface area contributed by atoms with Crippen LogP contribution in [0.4, 0.5) is 5.69 Å². The summed E-state index contributed by atoms with van der Waals surface area (Å²) in [6.07, 6.45) is 0. The predicted molar refractivity (Wildman–Crippen MR) is 90.9 cm³/mol. The minimum atomic E-state index is -3.33. The minimum absolute atomic E-state index is 0.103. The minimum Gasteiger partial charge on any atom is -0.314 e. The van der Waals surface area contributed by atoms with Crippen LogP contribution in [0, 0.1) is 3.57 Å². The van der Waals surface area contributed by atoms with Gasteiger partial charge in [0.2, 0.25) is 10.0 Å². The molecule has 8 heteroatoms. The van der Waals surface area contributed by atoms with E-state index in [9.17, 15) is 8.42 Å². The van der Waals surface area contributed by atoms with Crippen molar-refractivity contribution in [3.05, 3.63) is 26.8 Å². The van der Waals surface area contributed by atoms with Gasteiger partial charge in [0.15, 0.2) is 0 Å². The number of sulfonamides is 1. The van der Waals surface area contributed by atoms with Gasteiger partial charge in [-0.1, -0.05) is 11.6 Å². The number of benzene rings is 1. The molecule has 0 atom stereocenters. The van der Waals surface area contributed by atoms with Crippen LogP contribution in [0.25, 0.3) is 0 Å². The van der Waals surface area contributed by atoms with Gasteiger partial charge in [-0.2, -0.15) is 0 Å². The number of hydrogen-bond acceptors (Lipinski definition) is 4. The molecule has 1 aliphatic rings. The summed E-state index contributed by atoms with van der Waals surface area (Å²) in [6, 6.07) is 5.10. The van der Waals surface area contributed by atoms with Gasteiger partial charge >= 0.3 is 0 Å². The fraction of sp³-hybridized carbons (Fsp3) is 0.500. The van der Waals surface area contributed by atoms with Crippen LogP contribution in [-0.4, -0.2) is 51.8 Å². The molecule has 112 valence electrons. The van der Waals surface area contributed by atoms with Gasteiger partial charge in [-0.25, -0.2) is 8.42 Å². The highest BCUT2D eigenvalue weighted by molar-refractivity contribution is 14.1. The van der Waals surface area contributed by atoms with Crippen molar-refractivity contribution in [2.45, 2.75) is 0 Å². The Balaban J connectivity index is 1.93. The zero-order chi connectivity index (χ0) is 14.6. The van der Waals surface area contributed by atoms with E-state index in [4.69, 9.17) is 11.6 Å². The smallest absolute Gasteiger partial charge is 0.234 e. The summed E-state index contributed by atoms with van der Waals surface area (Å²) in [4.78, 5) is 2.16. The van der Waals surface area contributed by atoms with Crippen molar-refractivity contribution >= 4 is 49.9 Å². The third kappa shape index (κ3) is 5.03. The molecule has 0 aromatic heterocycles. The molecule has 0 saturated carbocycles. The van der Waals surface area contributed by atoms with E-state index < -0.39 is 10.0 Å². The first kappa shape index (κ1) is 16.3. The molecule has 20 heavy (non-hydrogen) atoms. The first-order chi connectivity index (χ1) is 9.46. The number of nitrogens with zero attached hydrogens (tertiary/aromatic N) is 1. The molecular formula is C12H17ClIN3O2S. The van der Waals surface area contributed by atoms with Crippen molar-refractivity contribution in [1.29, 1.82) is 0 Å². The number of piperazine rings is 1. The van der Waals surface area contributed by atoms with E-state index in [0.717, 1.165) is 29.7 Å². The molecule has 0 spiro atoms.